The van der Waals surface area contributed by atoms with Crippen LogP contribution in [0.3, 0.4) is 0 Å². The smallest absolute Gasteiger partial charge is 0.338 e. The SMILES string of the molecule is CC=CCCC(C)=C(C=O)C(=O)O. The van der Waals surface area contributed by atoms with E-state index in [1.165, 1.54) is 0 Å². The molecule has 0 unspecified atom stereocenters. The van der Waals surface area contributed by atoms with Crippen molar-refractivity contribution >= 4 is 12.3 Å². The highest BCUT2D eigenvalue weighted by Gasteiger charge is 2.08. The van der Waals surface area contributed by atoms with Crippen molar-refractivity contribution in [1.29, 1.82) is 0 Å². The van der Waals surface area contributed by atoms with Crippen LogP contribution < -0.4 is 0 Å². The molecular formula is C10H14O3. The van der Waals surface area contributed by atoms with Gasteiger partial charge in [0.25, 0.3) is 0 Å². The molecule has 72 valence electrons. The van der Waals surface area contributed by atoms with Crippen molar-refractivity contribution in [1.82, 2.24) is 0 Å². The molecule has 13 heavy (non-hydrogen) atoms. The lowest BCUT2D eigenvalue weighted by Crippen LogP contribution is -2.04. The van der Waals surface area contributed by atoms with E-state index in [1.807, 2.05) is 19.1 Å². The van der Waals surface area contributed by atoms with Gasteiger partial charge in [0.05, 0.1) is 5.57 Å². The van der Waals surface area contributed by atoms with Crippen molar-refractivity contribution in [3.05, 3.63) is 23.3 Å². The predicted molar refractivity (Wildman–Crippen MR) is 50.4 cm³/mol. The first-order valence-electron chi connectivity index (χ1n) is 4.12. The van der Waals surface area contributed by atoms with Gasteiger partial charge in [-0.3, -0.25) is 4.79 Å². The summed E-state index contributed by atoms with van der Waals surface area (Å²) in [5.74, 6) is -1.15. The van der Waals surface area contributed by atoms with Crippen LogP contribution >= 0.6 is 0 Å². The Morgan fingerprint density at radius 2 is 2.08 bits per heavy atom. The molecule has 3 nitrogen and oxygen atoms in total. The number of carboxylic acids is 1. The van der Waals surface area contributed by atoms with Gasteiger partial charge in [-0.1, -0.05) is 17.7 Å². The quantitative estimate of drug-likeness (QED) is 0.232. The monoisotopic (exact) mass is 182 g/mol. The van der Waals surface area contributed by atoms with Crippen LogP contribution in [0.1, 0.15) is 26.7 Å². The molecular weight excluding hydrogens is 168 g/mol. The van der Waals surface area contributed by atoms with Gasteiger partial charge in [0.1, 0.15) is 0 Å². The molecule has 0 saturated heterocycles. The molecule has 0 saturated carbocycles. The van der Waals surface area contributed by atoms with Crippen molar-refractivity contribution in [3.63, 3.8) is 0 Å². The molecule has 0 aromatic rings. The van der Waals surface area contributed by atoms with Gasteiger partial charge >= 0.3 is 5.97 Å². The van der Waals surface area contributed by atoms with Gasteiger partial charge in [0.15, 0.2) is 6.29 Å². The summed E-state index contributed by atoms with van der Waals surface area (Å²) in [4.78, 5) is 20.9. The molecule has 3 heteroatoms. The first-order chi connectivity index (χ1) is 6.13. The summed E-state index contributed by atoms with van der Waals surface area (Å²) in [6, 6.07) is 0. The molecule has 0 radical (unpaired) electrons. The maximum Gasteiger partial charge on any atom is 0.338 e. The lowest BCUT2D eigenvalue weighted by atomic mass is 10.1. The highest BCUT2D eigenvalue weighted by Crippen LogP contribution is 2.09. The van der Waals surface area contributed by atoms with Crippen LogP contribution in [0.15, 0.2) is 23.3 Å². The van der Waals surface area contributed by atoms with Crippen LogP contribution in [-0.2, 0) is 9.59 Å². The third-order valence-electron chi connectivity index (χ3n) is 1.73. The van der Waals surface area contributed by atoms with E-state index < -0.39 is 5.97 Å². The van der Waals surface area contributed by atoms with Gasteiger partial charge in [-0.15, -0.1) is 0 Å². The molecule has 0 heterocycles. The summed E-state index contributed by atoms with van der Waals surface area (Å²) in [6.07, 6.45) is 5.62. The van der Waals surface area contributed by atoms with Gasteiger partial charge < -0.3 is 5.11 Å². The molecule has 0 aliphatic heterocycles. The van der Waals surface area contributed by atoms with E-state index in [9.17, 15) is 9.59 Å². The van der Waals surface area contributed by atoms with E-state index in [0.717, 1.165) is 6.42 Å². The highest BCUT2D eigenvalue weighted by atomic mass is 16.4. The van der Waals surface area contributed by atoms with Gasteiger partial charge in [0.2, 0.25) is 0 Å². The summed E-state index contributed by atoms with van der Waals surface area (Å²) in [6.45, 7) is 3.57. The van der Waals surface area contributed by atoms with E-state index in [-0.39, 0.29) is 5.57 Å². The number of carboxylic acid groups (broad SMARTS) is 1. The van der Waals surface area contributed by atoms with Crippen LogP contribution in [-0.4, -0.2) is 17.4 Å². The molecule has 0 spiro atoms. The average Bonchev–Trinajstić information content (AvgIpc) is 2.05. The number of aliphatic carboxylic acids is 1. The molecule has 0 aliphatic rings. The fourth-order valence-corrected chi connectivity index (χ4v) is 0.935. The van der Waals surface area contributed by atoms with E-state index in [1.54, 1.807) is 6.92 Å². The van der Waals surface area contributed by atoms with E-state index in [2.05, 4.69) is 0 Å². The lowest BCUT2D eigenvalue weighted by molar-refractivity contribution is -0.133. The zero-order valence-corrected chi connectivity index (χ0v) is 7.91. The number of allylic oxidation sites excluding steroid dienone is 3. The number of hydrogen-bond acceptors (Lipinski definition) is 2. The van der Waals surface area contributed by atoms with Crippen LogP contribution in [0.25, 0.3) is 0 Å². The van der Waals surface area contributed by atoms with Gasteiger partial charge in [-0.25, -0.2) is 4.79 Å². The normalized spacial score (nSPS) is 12.8. The topological polar surface area (TPSA) is 54.4 Å². The van der Waals surface area contributed by atoms with Crippen molar-refractivity contribution in [3.8, 4) is 0 Å². The van der Waals surface area contributed by atoms with Crippen molar-refractivity contribution in [2.24, 2.45) is 0 Å². The van der Waals surface area contributed by atoms with Crippen molar-refractivity contribution in [2.75, 3.05) is 0 Å². The maximum atomic E-state index is 10.5. The number of aldehydes is 1. The molecule has 0 aromatic carbocycles. The Balaban J connectivity index is 4.38. The minimum Gasteiger partial charge on any atom is -0.478 e. The Morgan fingerprint density at radius 3 is 2.46 bits per heavy atom. The van der Waals surface area contributed by atoms with E-state index >= 15 is 0 Å². The second kappa shape index (κ2) is 6.17. The third-order valence-corrected chi connectivity index (χ3v) is 1.73. The summed E-state index contributed by atoms with van der Waals surface area (Å²) >= 11 is 0. The predicted octanol–water partition coefficient (Wildman–Crippen LogP) is 1.94. The Bertz CT molecular complexity index is 249. The summed E-state index contributed by atoms with van der Waals surface area (Å²) in [5, 5.41) is 8.59. The van der Waals surface area contributed by atoms with E-state index in [0.29, 0.717) is 18.3 Å². The molecule has 0 amide bonds. The number of hydrogen-bond donors (Lipinski definition) is 1. The van der Waals surface area contributed by atoms with Crippen LogP contribution in [0.2, 0.25) is 0 Å². The Labute approximate surface area is 77.8 Å². The van der Waals surface area contributed by atoms with Crippen molar-refractivity contribution in [2.45, 2.75) is 26.7 Å². The minimum atomic E-state index is -1.15. The summed E-state index contributed by atoms with van der Waals surface area (Å²) in [7, 11) is 0. The Kier molecular flexibility index (Phi) is 5.52. The second-order valence-electron chi connectivity index (χ2n) is 2.72. The van der Waals surface area contributed by atoms with E-state index in [4.69, 9.17) is 5.11 Å². The summed E-state index contributed by atoms with van der Waals surface area (Å²) < 4.78 is 0. The average molecular weight is 182 g/mol. The molecule has 0 aromatic heterocycles. The molecule has 1 N–H and O–H groups in total. The zero-order valence-electron chi connectivity index (χ0n) is 7.91. The number of carbonyl (C=O) groups is 2. The first-order valence-corrected chi connectivity index (χ1v) is 4.12. The third kappa shape index (κ3) is 4.25. The summed E-state index contributed by atoms with van der Waals surface area (Å²) in [5.41, 5.74) is 0.505. The van der Waals surface area contributed by atoms with Gasteiger partial charge in [-0.05, 0) is 26.7 Å². The second-order valence-corrected chi connectivity index (χ2v) is 2.72. The largest absolute Gasteiger partial charge is 0.478 e. The van der Waals surface area contributed by atoms with Crippen molar-refractivity contribution < 1.29 is 14.7 Å². The molecule has 0 fully saturated rings. The zero-order chi connectivity index (χ0) is 10.3. The minimum absolute atomic E-state index is 0.121. The molecule has 0 atom stereocenters. The fraction of sp³-hybridized carbons (Fsp3) is 0.400. The highest BCUT2D eigenvalue weighted by molar-refractivity contribution is 6.07. The number of rotatable bonds is 5. The van der Waals surface area contributed by atoms with Gasteiger partial charge in [-0.2, -0.15) is 0 Å². The molecule has 0 aliphatic carbocycles. The molecule has 0 rings (SSSR count). The standard InChI is InChI=1S/C10H14O3/c1-3-4-5-6-8(2)9(7-11)10(12)13/h3-4,7H,5-6H2,1-2H3,(H,12,13). The Morgan fingerprint density at radius 1 is 1.46 bits per heavy atom. The van der Waals surface area contributed by atoms with Gasteiger partial charge in [0, 0.05) is 0 Å². The fourth-order valence-electron chi connectivity index (χ4n) is 0.935. The van der Waals surface area contributed by atoms with Crippen LogP contribution in [0.4, 0.5) is 0 Å². The van der Waals surface area contributed by atoms with Crippen LogP contribution in [0.5, 0.6) is 0 Å². The molecule has 0 bridgehead atoms. The Hall–Kier alpha value is -1.38. The lowest BCUT2D eigenvalue weighted by Gasteiger charge is -1.99. The number of carbonyl (C=O) groups excluding carboxylic acids is 1. The van der Waals surface area contributed by atoms with Crippen LogP contribution in [0, 0.1) is 0 Å². The first kappa shape index (κ1) is 11.6. The maximum absolute atomic E-state index is 10.5.